The van der Waals surface area contributed by atoms with E-state index in [9.17, 15) is 14.0 Å². The Kier molecular flexibility index (Phi) is 4.99. The van der Waals surface area contributed by atoms with Crippen molar-refractivity contribution >= 4 is 34.1 Å². The Morgan fingerprint density at radius 2 is 1.41 bits per heavy atom. The van der Waals surface area contributed by atoms with Gasteiger partial charge in [-0.1, -0.05) is 24.3 Å². The number of fused-ring (bicyclic) bond motifs is 1. The van der Waals surface area contributed by atoms with Crippen LogP contribution < -0.4 is 10.6 Å². The van der Waals surface area contributed by atoms with Gasteiger partial charge in [0.15, 0.2) is 0 Å². The first kappa shape index (κ1) is 18.3. The first-order valence-electron chi connectivity index (χ1n) is 8.92. The average Bonchev–Trinajstić information content (AvgIpc) is 2.74. The number of benzene rings is 3. The molecule has 0 aliphatic heterocycles. The number of anilines is 2. The number of halogens is 1. The molecule has 2 N–H and O–H groups in total. The van der Waals surface area contributed by atoms with Crippen LogP contribution in [-0.4, -0.2) is 16.8 Å². The fraction of sp³-hybridized carbons (Fsp3) is 0. The van der Waals surface area contributed by atoms with E-state index < -0.39 is 5.82 Å². The van der Waals surface area contributed by atoms with Crippen molar-refractivity contribution in [2.24, 2.45) is 0 Å². The van der Waals surface area contributed by atoms with Gasteiger partial charge >= 0.3 is 0 Å². The van der Waals surface area contributed by atoms with Crippen LogP contribution in [0.1, 0.15) is 20.7 Å². The highest BCUT2D eigenvalue weighted by Gasteiger charge is 2.11. The molecule has 0 fully saturated rings. The molecule has 1 heterocycles. The van der Waals surface area contributed by atoms with Gasteiger partial charge in [0.2, 0.25) is 0 Å². The second kappa shape index (κ2) is 7.90. The maximum absolute atomic E-state index is 13.2. The summed E-state index contributed by atoms with van der Waals surface area (Å²) in [6.07, 6.45) is 1.67. The van der Waals surface area contributed by atoms with E-state index in [1.54, 1.807) is 42.6 Å². The van der Waals surface area contributed by atoms with Gasteiger partial charge in [-0.05, 0) is 54.6 Å². The number of carbonyl (C=O) groups is 2. The minimum atomic E-state index is -0.433. The quantitative estimate of drug-likeness (QED) is 0.526. The zero-order valence-electron chi connectivity index (χ0n) is 15.2. The molecule has 4 aromatic rings. The van der Waals surface area contributed by atoms with Crippen LogP contribution in [0.5, 0.6) is 0 Å². The SMILES string of the molecule is O=C(Nc1cccc(F)c1)c1ccc(C(=O)Nc2cccc3cccnc23)cc1. The normalized spacial score (nSPS) is 10.5. The van der Waals surface area contributed by atoms with Crippen molar-refractivity contribution in [2.45, 2.75) is 0 Å². The van der Waals surface area contributed by atoms with Gasteiger partial charge in [0.1, 0.15) is 5.82 Å². The molecule has 0 saturated heterocycles. The lowest BCUT2D eigenvalue weighted by atomic mass is 10.1. The van der Waals surface area contributed by atoms with Crippen molar-refractivity contribution in [2.75, 3.05) is 10.6 Å². The maximum Gasteiger partial charge on any atom is 0.255 e. The van der Waals surface area contributed by atoms with E-state index in [1.807, 2.05) is 24.3 Å². The van der Waals surface area contributed by atoms with E-state index in [-0.39, 0.29) is 11.8 Å². The number of amides is 2. The van der Waals surface area contributed by atoms with Crippen molar-refractivity contribution in [1.82, 2.24) is 4.98 Å². The molecule has 4 rings (SSSR count). The van der Waals surface area contributed by atoms with E-state index >= 15 is 0 Å². The van der Waals surface area contributed by atoms with Crippen molar-refractivity contribution < 1.29 is 14.0 Å². The van der Waals surface area contributed by atoms with Crippen LogP contribution >= 0.6 is 0 Å². The summed E-state index contributed by atoms with van der Waals surface area (Å²) in [5.41, 5.74) is 2.44. The lowest BCUT2D eigenvalue weighted by Gasteiger charge is -2.09. The zero-order valence-corrected chi connectivity index (χ0v) is 15.2. The minimum Gasteiger partial charge on any atom is -0.322 e. The fourth-order valence-corrected chi connectivity index (χ4v) is 2.94. The molecule has 0 aliphatic rings. The summed E-state index contributed by atoms with van der Waals surface area (Å²) in [6.45, 7) is 0. The predicted molar refractivity (Wildman–Crippen MR) is 110 cm³/mol. The molecule has 0 bridgehead atoms. The predicted octanol–water partition coefficient (Wildman–Crippen LogP) is 4.88. The highest BCUT2D eigenvalue weighted by atomic mass is 19.1. The van der Waals surface area contributed by atoms with Crippen molar-refractivity contribution in [1.29, 1.82) is 0 Å². The molecule has 5 nitrogen and oxygen atoms in total. The van der Waals surface area contributed by atoms with Gasteiger partial charge in [-0.3, -0.25) is 14.6 Å². The summed E-state index contributed by atoms with van der Waals surface area (Å²) >= 11 is 0. The third kappa shape index (κ3) is 4.11. The smallest absolute Gasteiger partial charge is 0.255 e. The van der Waals surface area contributed by atoms with Gasteiger partial charge in [-0.15, -0.1) is 0 Å². The van der Waals surface area contributed by atoms with E-state index in [0.717, 1.165) is 5.39 Å². The molecule has 0 atom stereocenters. The van der Waals surface area contributed by atoms with Crippen molar-refractivity contribution in [3.63, 3.8) is 0 Å². The Hall–Kier alpha value is -4.06. The highest BCUT2D eigenvalue weighted by Crippen LogP contribution is 2.21. The van der Waals surface area contributed by atoms with Gasteiger partial charge in [0.05, 0.1) is 11.2 Å². The van der Waals surface area contributed by atoms with Crippen molar-refractivity contribution in [3.05, 3.63) is 102 Å². The first-order valence-corrected chi connectivity index (χ1v) is 8.92. The monoisotopic (exact) mass is 385 g/mol. The van der Waals surface area contributed by atoms with Gasteiger partial charge in [0.25, 0.3) is 11.8 Å². The molecule has 0 unspecified atom stereocenters. The van der Waals surface area contributed by atoms with Gasteiger partial charge in [-0.25, -0.2) is 4.39 Å². The third-order valence-corrected chi connectivity index (χ3v) is 4.37. The summed E-state index contributed by atoms with van der Waals surface area (Å²) in [6, 6.07) is 21.2. The molecule has 142 valence electrons. The highest BCUT2D eigenvalue weighted by molar-refractivity contribution is 6.09. The molecule has 3 aromatic carbocycles. The second-order valence-corrected chi connectivity index (χ2v) is 6.38. The molecule has 1 aromatic heterocycles. The average molecular weight is 385 g/mol. The third-order valence-electron chi connectivity index (χ3n) is 4.37. The molecular formula is C23H16FN3O2. The molecular weight excluding hydrogens is 369 g/mol. The molecule has 2 amide bonds. The Balaban J connectivity index is 1.48. The van der Waals surface area contributed by atoms with Gasteiger partial charge in [-0.2, -0.15) is 0 Å². The molecule has 29 heavy (non-hydrogen) atoms. The number of hydrogen-bond donors (Lipinski definition) is 2. The zero-order chi connectivity index (χ0) is 20.2. The molecule has 0 aliphatic carbocycles. The van der Waals surface area contributed by atoms with Crippen LogP contribution in [0.4, 0.5) is 15.8 Å². The molecule has 6 heteroatoms. The summed E-state index contributed by atoms with van der Waals surface area (Å²) in [5.74, 6) is -1.13. The van der Waals surface area contributed by atoms with Gasteiger partial charge in [0, 0.05) is 28.4 Å². The Bertz CT molecular complexity index is 1200. The summed E-state index contributed by atoms with van der Waals surface area (Å²) in [5, 5.41) is 6.40. The Labute approximate surface area is 166 Å². The maximum atomic E-state index is 13.2. The number of nitrogens with one attached hydrogen (secondary N) is 2. The number of para-hydroxylation sites is 1. The van der Waals surface area contributed by atoms with Gasteiger partial charge < -0.3 is 10.6 Å². The lowest BCUT2D eigenvalue weighted by Crippen LogP contribution is -2.14. The number of nitrogens with zero attached hydrogens (tertiary/aromatic N) is 1. The van der Waals surface area contributed by atoms with Crippen LogP contribution in [0.25, 0.3) is 10.9 Å². The summed E-state index contributed by atoms with van der Waals surface area (Å²) in [7, 11) is 0. The Morgan fingerprint density at radius 3 is 2.14 bits per heavy atom. The number of aromatic nitrogens is 1. The second-order valence-electron chi connectivity index (χ2n) is 6.38. The number of rotatable bonds is 4. The molecule has 0 radical (unpaired) electrons. The van der Waals surface area contributed by atoms with Crippen LogP contribution in [0.2, 0.25) is 0 Å². The first-order chi connectivity index (χ1) is 14.1. The van der Waals surface area contributed by atoms with Crippen LogP contribution in [-0.2, 0) is 0 Å². The topological polar surface area (TPSA) is 71.1 Å². The van der Waals surface area contributed by atoms with Crippen molar-refractivity contribution in [3.8, 4) is 0 Å². The van der Waals surface area contributed by atoms with Crippen LogP contribution in [0.15, 0.2) is 85.1 Å². The summed E-state index contributed by atoms with van der Waals surface area (Å²) in [4.78, 5) is 29.2. The standard InChI is InChI=1S/C23H16FN3O2/c24-18-6-2-7-19(14-18)26-22(28)16-9-11-17(12-10-16)23(29)27-20-8-1-4-15-5-3-13-25-21(15)20/h1-14H,(H,26,28)(H,27,29). The van der Waals surface area contributed by atoms with E-state index in [0.29, 0.717) is 28.0 Å². The number of carbonyl (C=O) groups excluding carboxylic acids is 2. The number of pyridine rings is 1. The van der Waals surface area contributed by atoms with Crippen LogP contribution in [0, 0.1) is 5.82 Å². The minimum absolute atomic E-state index is 0.305. The number of hydrogen-bond acceptors (Lipinski definition) is 3. The summed E-state index contributed by atoms with van der Waals surface area (Å²) < 4.78 is 13.2. The van der Waals surface area contributed by atoms with E-state index in [2.05, 4.69) is 15.6 Å². The van der Waals surface area contributed by atoms with E-state index in [1.165, 1.54) is 18.2 Å². The lowest BCUT2D eigenvalue weighted by molar-refractivity contribution is 0.101. The molecule has 0 saturated carbocycles. The molecule has 0 spiro atoms. The van der Waals surface area contributed by atoms with Crippen LogP contribution in [0.3, 0.4) is 0 Å². The fourth-order valence-electron chi connectivity index (χ4n) is 2.94. The van der Waals surface area contributed by atoms with E-state index in [4.69, 9.17) is 0 Å². The largest absolute Gasteiger partial charge is 0.322 e. The Morgan fingerprint density at radius 1 is 0.759 bits per heavy atom.